The van der Waals surface area contributed by atoms with Gasteiger partial charge in [-0.1, -0.05) is 6.07 Å². The largest absolute Gasteiger partial charge is 0.383 e. The average molecular weight is 257 g/mol. The normalized spacial score (nSPS) is 12.5. The molecule has 1 aromatic carbocycles. The average Bonchev–Trinajstić information content (AvgIpc) is 2.81. The van der Waals surface area contributed by atoms with Crippen LogP contribution in [0.15, 0.2) is 30.5 Å². The van der Waals surface area contributed by atoms with Gasteiger partial charge in [-0.25, -0.2) is 0 Å². The number of rotatable bonds is 6. The molecule has 0 spiro atoms. The predicted molar refractivity (Wildman–Crippen MR) is 76.0 cm³/mol. The molecule has 1 heterocycles. The van der Waals surface area contributed by atoms with Crippen molar-refractivity contribution in [2.45, 2.75) is 19.5 Å². The molecular formula is C15H19N3O. The van der Waals surface area contributed by atoms with Crippen molar-refractivity contribution in [3.63, 3.8) is 0 Å². The van der Waals surface area contributed by atoms with Gasteiger partial charge >= 0.3 is 0 Å². The Labute approximate surface area is 113 Å². The van der Waals surface area contributed by atoms with Gasteiger partial charge < -0.3 is 14.6 Å². The predicted octanol–water partition coefficient (Wildman–Crippen LogP) is 2.14. The number of aromatic nitrogens is 1. The quantitative estimate of drug-likeness (QED) is 0.862. The van der Waals surface area contributed by atoms with E-state index in [1.54, 1.807) is 7.11 Å². The van der Waals surface area contributed by atoms with Gasteiger partial charge in [0.25, 0.3) is 0 Å². The first-order chi connectivity index (χ1) is 9.24. The molecule has 4 heteroatoms. The molecule has 0 amide bonds. The summed E-state index contributed by atoms with van der Waals surface area (Å²) in [6, 6.07) is 10.4. The van der Waals surface area contributed by atoms with Gasteiger partial charge in [0.05, 0.1) is 18.2 Å². The second-order valence-electron chi connectivity index (χ2n) is 4.71. The van der Waals surface area contributed by atoms with E-state index in [4.69, 9.17) is 10.00 Å². The molecule has 1 N–H and O–H groups in total. The van der Waals surface area contributed by atoms with Crippen LogP contribution in [-0.2, 0) is 11.3 Å². The summed E-state index contributed by atoms with van der Waals surface area (Å²) in [5, 5.41) is 13.5. The van der Waals surface area contributed by atoms with Crippen LogP contribution in [0.3, 0.4) is 0 Å². The standard InChI is InChI=1S/C15H19N3O/c1-12(11-19-2)17-6-8-18-7-5-14-4-3-13(10-16)9-15(14)18/h3-5,7,9,12,17H,6,8,11H2,1-2H3. The Morgan fingerprint density at radius 2 is 2.26 bits per heavy atom. The SMILES string of the molecule is COCC(C)NCCn1ccc2ccc(C#N)cc21. The van der Waals surface area contributed by atoms with E-state index in [-0.39, 0.29) is 0 Å². The molecule has 100 valence electrons. The number of hydrogen-bond acceptors (Lipinski definition) is 3. The van der Waals surface area contributed by atoms with Crippen LogP contribution < -0.4 is 5.32 Å². The van der Waals surface area contributed by atoms with Crippen LogP contribution in [0, 0.1) is 11.3 Å². The highest BCUT2D eigenvalue weighted by Crippen LogP contribution is 2.17. The molecule has 19 heavy (non-hydrogen) atoms. The first kappa shape index (κ1) is 13.6. The van der Waals surface area contributed by atoms with E-state index in [0.29, 0.717) is 18.2 Å². The molecule has 4 nitrogen and oxygen atoms in total. The van der Waals surface area contributed by atoms with Crippen molar-refractivity contribution < 1.29 is 4.74 Å². The molecule has 0 aliphatic carbocycles. The maximum Gasteiger partial charge on any atom is 0.0992 e. The van der Waals surface area contributed by atoms with Gasteiger partial charge in [-0.05, 0) is 30.5 Å². The van der Waals surface area contributed by atoms with Crippen LogP contribution in [0.1, 0.15) is 12.5 Å². The fourth-order valence-corrected chi connectivity index (χ4v) is 2.19. The first-order valence-corrected chi connectivity index (χ1v) is 6.46. The van der Waals surface area contributed by atoms with Crippen molar-refractivity contribution in [2.24, 2.45) is 0 Å². The molecule has 2 aromatic rings. The zero-order valence-corrected chi connectivity index (χ0v) is 11.4. The third-order valence-electron chi connectivity index (χ3n) is 3.17. The minimum atomic E-state index is 0.349. The lowest BCUT2D eigenvalue weighted by atomic mass is 10.2. The van der Waals surface area contributed by atoms with Gasteiger partial charge in [-0.15, -0.1) is 0 Å². The summed E-state index contributed by atoms with van der Waals surface area (Å²) >= 11 is 0. The Balaban J connectivity index is 2.03. The number of ether oxygens (including phenoxy) is 1. The van der Waals surface area contributed by atoms with Crippen molar-refractivity contribution in [3.05, 3.63) is 36.0 Å². The van der Waals surface area contributed by atoms with Crippen LogP contribution in [0.4, 0.5) is 0 Å². The highest BCUT2D eigenvalue weighted by molar-refractivity contribution is 5.81. The molecule has 0 saturated carbocycles. The van der Waals surface area contributed by atoms with Gasteiger partial charge in [-0.3, -0.25) is 0 Å². The third kappa shape index (κ3) is 3.34. The lowest BCUT2D eigenvalue weighted by molar-refractivity contribution is 0.172. The fourth-order valence-electron chi connectivity index (χ4n) is 2.19. The first-order valence-electron chi connectivity index (χ1n) is 6.46. The summed E-state index contributed by atoms with van der Waals surface area (Å²) in [5.41, 5.74) is 1.81. The molecule has 1 aromatic heterocycles. The smallest absolute Gasteiger partial charge is 0.0992 e. The maximum atomic E-state index is 8.95. The Bertz CT molecular complexity index is 583. The topological polar surface area (TPSA) is 50.0 Å². The number of methoxy groups -OCH3 is 1. The van der Waals surface area contributed by atoms with E-state index in [1.165, 1.54) is 5.39 Å². The molecule has 0 saturated heterocycles. The highest BCUT2D eigenvalue weighted by Gasteiger charge is 2.03. The summed E-state index contributed by atoms with van der Waals surface area (Å²) in [6.07, 6.45) is 2.06. The molecule has 0 aliphatic heterocycles. The Morgan fingerprint density at radius 1 is 1.42 bits per heavy atom. The lowest BCUT2D eigenvalue weighted by Crippen LogP contribution is -2.32. The monoisotopic (exact) mass is 257 g/mol. The Kier molecular flexibility index (Phi) is 4.56. The van der Waals surface area contributed by atoms with Crippen LogP contribution in [0.5, 0.6) is 0 Å². The van der Waals surface area contributed by atoms with E-state index in [9.17, 15) is 0 Å². The van der Waals surface area contributed by atoms with E-state index >= 15 is 0 Å². The molecule has 0 bridgehead atoms. The molecule has 0 fully saturated rings. The molecular weight excluding hydrogens is 238 g/mol. The second kappa shape index (κ2) is 6.37. The van der Waals surface area contributed by atoms with Crippen LogP contribution >= 0.6 is 0 Å². The zero-order chi connectivity index (χ0) is 13.7. The van der Waals surface area contributed by atoms with Gasteiger partial charge in [0.15, 0.2) is 0 Å². The molecule has 0 radical (unpaired) electrons. The molecule has 0 aliphatic rings. The number of nitrogens with one attached hydrogen (secondary N) is 1. The van der Waals surface area contributed by atoms with Crippen molar-refractivity contribution in [3.8, 4) is 6.07 Å². The van der Waals surface area contributed by atoms with Gasteiger partial charge in [-0.2, -0.15) is 5.26 Å². The summed E-state index contributed by atoms with van der Waals surface area (Å²) < 4.78 is 7.26. The van der Waals surface area contributed by atoms with Crippen LogP contribution in [0.25, 0.3) is 10.9 Å². The van der Waals surface area contributed by atoms with E-state index in [1.807, 2.05) is 18.2 Å². The number of hydrogen-bond donors (Lipinski definition) is 1. The van der Waals surface area contributed by atoms with E-state index in [0.717, 1.165) is 18.6 Å². The number of nitrogens with zero attached hydrogens (tertiary/aromatic N) is 2. The van der Waals surface area contributed by atoms with Crippen molar-refractivity contribution in [1.29, 1.82) is 5.26 Å². The third-order valence-corrected chi connectivity index (χ3v) is 3.17. The Hall–Kier alpha value is -1.83. The minimum Gasteiger partial charge on any atom is -0.383 e. The van der Waals surface area contributed by atoms with Gasteiger partial charge in [0, 0.05) is 38.0 Å². The van der Waals surface area contributed by atoms with Crippen molar-refractivity contribution in [2.75, 3.05) is 20.3 Å². The molecule has 1 unspecified atom stereocenters. The molecule has 2 rings (SSSR count). The highest BCUT2D eigenvalue weighted by atomic mass is 16.5. The Morgan fingerprint density at radius 3 is 3.00 bits per heavy atom. The fraction of sp³-hybridized carbons (Fsp3) is 0.400. The van der Waals surface area contributed by atoms with Gasteiger partial charge in [0.1, 0.15) is 0 Å². The summed E-state index contributed by atoms with van der Waals surface area (Å²) in [7, 11) is 1.71. The lowest BCUT2D eigenvalue weighted by Gasteiger charge is -2.13. The van der Waals surface area contributed by atoms with Crippen LogP contribution in [0.2, 0.25) is 0 Å². The summed E-state index contributed by atoms with van der Waals surface area (Å²) in [4.78, 5) is 0. The maximum absolute atomic E-state index is 8.95. The van der Waals surface area contributed by atoms with Crippen molar-refractivity contribution >= 4 is 10.9 Å². The summed E-state index contributed by atoms with van der Waals surface area (Å²) in [6.45, 7) is 4.58. The number of benzene rings is 1. The minimum absolute atomic E-state index is 0.349. The van der Waals surface area contributed by atoms with Crippen LogP contribution in [-0.4, -0.2) is 30.9 Å². The van der Waals surface area contributed by atoms with E-state index in [2.05, 4.69) is 35.1 Å². The number of fused-ring (bicyclic) bond motifs is 1. The van der Waals surface area contributed by atoms with E-state index < -0.39 is 0 Å². The number of nitriles is 1. The van der Waals surface area contributed by atoms with Crippen molar-refractivity contribution in [1.82, 2.24) is 9.88 Å². The zero-order valence-electron chi connectivity index (χ0n) is 11.4. The van der Waals surface area contributed by atoms with Gasteiger partial charge in [0.2, 0.25) is 0 Å². The molecule has 1 atom stereocenters. The second-order valence-corrected chi connectivity index (χ2v) is 4.71. The summed E-state index contributed by atoms with van der Waals surface area (Å²) in [5.74, 6) is 0.